The maximum absolute atomic E-state index is 13.4. The quantitative estimate of drug-likeness (QED) is 0.722. The minimum absolute atomic E-state index is 0.100. The highest BCUT2D eigenvalue weighted by Crippen LogP contribution is 2.30. The minimum Gasteiger partial charge on any atom is -0.478 e. The summed E-state index contributed by atoms with van der Waals surface area (Å²) in [5, 5.41) is 16.4. The van der Waals surface area contributed by atoms with E-state index in [1.165, 1.54) is 6.07 Å². The van der Waals surface area contributed by atoms with Crippen LogP contribution >= 0.6 is 0 Å². The normalized spacial score (nSPS) is 13.3. The monoisotopic (exact) mass is 337 g/mol. The van der Waals surface area contributed by atoms with Crippen LogP contribution in [0, 0.1) is 5.82 Å². The van der Waals surface area contributed by atoms with Crippen molar-refractivity contribution < 1.29 is 28.6 Å². The third-order valence-electron chi connectivity index (χ3n) is 3.17. The molecule has 1 aromatic carbocycles. The molecule has 2 aromatic rings. The zero-order chi connectivity index (χ0) is 18.3. The summed E-state index contributed by atoms with van der Waals surface area (Å²) < 4.78 is 18.8. The Bertz CT molecular complexity index is 720. The van der Waals surface area contributed by atoms with Crippen molar-refractivity contribution in [2.24, 2.45) is 5.73 Å². The number of carbonyl (C=O) groups is 2. The maximum atomic E-state index is 13.4. The van der Waals surface area contributed by atoms with Crippen LogP contribution in [0.1, 0.15) is 31.7 Å². The number of benzene rings is 1. The first-order valence-electron chi connectivity index (χ1n) is 7.26. The van der Waals surface area contributed by atoms with Crippen molar-refractivity contribution in [2.45, 2.75) is 32.2 Å². The fraction of sp³-hybridized carbons (Fsp3) is 0.294. The molecule has 2 unspecified atom stereocenters. The molecule has 0 fully saturated rings. The van der Waals surface area contributed by atoms with Gasteiger partial charge in [-0.3, -0.25) is 0 Å². The van der Waals surface area contributed by atoms with Gasteiger partial charge in [-0.05, 0) is 37.5 Å². The van der Waals surface area contributed by atoms with E-state index >= 15 is 0 Å². The number of fused-ring (bicyclic) bond motifs is 1. The molecule has 0 aliphatic heterocycles. The fourth-order valence-electron chi connectivity index (χ4n) is 2.27. The molecule has 0 spiro atoms. The number of furan rings is 1. The van der Waals surface area contributed by atoms with Crippen LogP contribution in [0.5, 0.6) is 0 Å². The Morgan fingerprint density at radius 3 is 2.33 bits per heavy atom. The van der Waals surface area contributed by atoms with E-state index in [9.17, 15) is 14.0 Å². The molecule has 0 amide bonds. The van der Waals surface area contributed by atoms with Gasteiger partial charge < -0.3 is 20.4 Å². The molecule has 7 heteroatoms. The SMILES string of the molecule is CC(N)CC(C)c1cc(F)cc2ccoc12.O=C(O)/C=C/C(=O)O. The molecule has 0 saturated heterocycles. The molecule has 6 nitrogen and oxygen atoms in total. The van der Waals surface area contributed by atoms with Gasteiger partial charge in [0, 0.05) is 29.1 Å². The van der Waals surface area contributed by atoms with Crippen LogP contribution < -0.4 is 5.73 Å². The lowest BCUT2D eigenvalue weighted by Gasteiger charge is -2.14. The van der Waals surface area contributed by atoms with E-state index in [4.69, 9.17) is 20.4 Å². The van der Waals surface area contributed by atoms with Gasteiger partial charge in [-0.1, -0.05) is 6.92 Å². The van der Waals surface area contributed by atoms with Crippen LogP contribution in [0.25, 0.3) is 11.0 Å². The van der Waals surface area contributed by atoms with E-state index < -0.39 is 11.9 Å². The highest BCUT2D eigenvalue weighted by molar-refractivity contribution is 5.89. The second-order valence-electron chi connectivity index (χ2n) is 5.46. The summed E-state index contributed by atoms with van der Waals surface area (Å²) in [5.41, 5.74) is 7.44. The van der Waals surface area contributed by atoms with E-state index in [1.807, 2.05) is 13.8 Å². The first kappa shape index (κ1) is 19.4. The summed E-state index contributed by atoms with van der Waals surface area (Å²) in [7, 11) is 0. The summed E-state index contributed by atoms with van der Waals surface area (Å²) in [6.07, 6.45) is 3.52. The molecule has 1 heterocycles. The van der Waals surface area contributed by atoms with Gasteiger partial charge in [-0.25, -0.2) is 14.0 Å². The molecule has 4 N–H and O–H groups in total. The van der Waals surface area contributed by atoms with Crippen molar-refractivity contribution in [1.82, 2.24) is 0 Å². The van der Waals surface area contributed by atoms with Gasteiger partial charge in [0.25, 0.3) is 0 Å². The number of hydrogen-bond donors (Lipinski definition) is 3. The van der Waals surface area contributed by atoms with Gasteiger partial charge in [0.2, 0.25) is 0 Å². The van der Waals surface area contributed by atoms with Crippen molar-refractivity contribution >= 4 is 22.9 Å². The Labute approximate surface area is 138 Å². The van der Waals surface area contributed by atoms with E-state index in [0.29, 0.717) is 12.2 Å². The Hall–Kier alpha value is -2.67. The molecule has 0 aliphatic rings. The van der Waals surface area contributed by atoms with E-state index in [1.54, 1.807) is 18.4 Å². The maximum Gasteiger partial charge on any atom is 0.328 e. The number of carboxylic acid groups (broad SMARTS) is 2. The molecular formula is C17H20FNO5. The number of hydrogen-bond acceptors (Lipinski definition) is 4. The van der Waals surface area contributed by atoms with Crippen molar-refractivity contribution in [3.8, 4) is 0 Å². The van der Waals surface area contributed by atoms with E-state index in [-0.39, 0.29) is 17.8 Å². The Balaban J connectivity index is 0.000000307. The average molecular weight is 337 g/mol. The summed E-state index contributed by atoms with van der Waals surface area (Å²) in [6, 6.07) is 4.91. The van der Waals surface area contributed by atoms with E-state index in [0.717, 1.165) is 23.0 Å². The summed E-state index contributed by atoms with van der Waals surface area (Å²) in [4.78, 5) is 19.1. The summed E-state index contributed by atoms with van der Waals surface area (Å²) >= 11 is 0. The Morgan fingerprint density at radius 1 is 1.25 bits per heavy atom. The van der Waals surface area contributed by atoms with Crippen molar-refractivity contribution in [1.29, 1.82) is 0 Å². The van der Waals surface area contributed by atoms with Crippen molar-refractivity contribution in [3.63, 3.8) is 0 Å². The van der Waals surface area contributed by atoms with Gasteiger partial charge in [-0.15, -0.1) is 0 Å². The lowest BCUT2D eigenvalue weighted by molar-refractivity contribution is -0.134. The van der Waals surface area contributed by atoms with Crippen LogP contribution in [0.3, 0.4) is 0 Å². The fourth-order valence-corrected chi connectivity index (χ4v) is 2.27. The average Bonchev–Trinajstić information content (AvgIpc) is 2.92. The van der Waals surface area contributed by atoms with Gasteiger partial charge in [-0.2, -0.15) is 0 Å². The Kier molecular flexibility index (Phi) is 7.13. The zero-order valence-electron chi connectivity index (χ0n) is 13.4. The van der Waals surface area contributed by atoms with Gasteiger partial charge >= 0.3 is 11.9 Å². The van der Waals surface area contributed by atoms with Crippen molar-refractivity contribution in [2.75, 3.05) is 0 Å². The molecule has 130 valence electrons. The van der Waals surface area contributed by atoms with Crippen LogP contribution in [0.15, 0.2) is 41.0 Å². The highest BCUT2D eigenvalue weighted by Gasteiger charge is 2.15. The molecule has 0 bridgehead atoms. The smallest absolute Gasteiger partial charge is 0.328 e. The molecule has 0 aliphatic carbocycles. The first-order chi connectivity index (χ1) is 11.2. The van der Waals surface area contributed by atoms with E-state index in [2.05, 4.69) is 0 Å². The predicted molar refractivity (Wildman–Crippen MR) is 87.3 cm³/mol. The van der Waals surface area contributed by atoms with Crippen molar-refractivity contribution in [3.05, 3.63) is 48.0 Å². The standard InChI is InChI=1S/C13H16FNO.C4H4O4/c1-8(5-9(2)15)12-7-11(14)6-10-3-4-16-13(10)12;5-3(6)1-2-4(7)8/h3-4,6-9H,5,15H2,1-2H3;1-2H,(H,5,6)(H,7,8)/b;2-1+. The summed E-state index contributed by atoms with van der Waals surface area (Å²) in [5.74, 6) is -2.54. The largest absolute Gasteiger partial charge is 0.478 e. The lowest BCUT2D eigenvalue weighted by atomic mass is 9.93. The number of nitrogens with two attached hydrogens (primary N) is 1. The van der Waals surface area contributed by atoms with Crippen LogP contribution in [-0.4, -0.2) is 28.2 Å². The molecule has 1 aromatic heterocycles. The second-order valence-corrected chi connectivity index (χ2v) is 5.46. The lowest BCUT2D eigenvalue weighted by Crippen LogP contribution is -2.17. The third-order valence-corrected chi connectivity index (χ3v) is 3.17. The highest BCUT2D eigenvalue weighted by atomic mass is 19.1. The number of carboxylic acids is 2. The first-order valence-corrected chi connectivity index (χ1v) is 7.26. The number of halogens is 1. The van der Waals surface area contributed by atoms with Crippen LogP contribution in [-0.2, 0) is 9.59 Å². The molecular weight excluding hydrogens is 317 g/mol. The predicted octanol–water partition coefficient (Wildman–Crippen LogP) is 3.12. The molecule has 2 rings (SSSR count). The topological polar surface area (TPSA) is 114 Å². The molecule has 2 atom stereocenters. The number of aliphatic carboxylic acids is 2. The van der Waals surface area contributed by atoms with Crippen LogP contribution in [0.4, 0.5) is 4.39 Å². The minimum atomic E-state index is -1.26. The molecule has 0 saturated carbocycles. The second kappa shape index (κ2) is 8.83. The van der Waals surface area contributed by atoms with Gasteiger partial charge in [0.05, 0.1) is 6.26 Å². The molecule has 24 heavy (non-hydrogen) atoms. The van der Waals surface area contributed by atoms with Gasteiger partial charge in [0.15, 0.2) is 0 Å². The summed E-state index contributed by atoms with van der Waals surface area (Å²) in [6.45, 7) is 4.00. The van der Waals surface area contributed by atoms with Crippen LogP contribution in [0.2, 0.25) is 0 Å². The zero-order valence-corrected chi connectivity index (χ0v) is 13.4. The number of rotatable bonds is 5. The third kappa shape index (κ3) is 6.21. The molecule has 0 radical (unpaired) electrons. The Morgan fingerprint density at radius 2 is 1.83 bits per heavy atom. The van der Waals surface area contributed by atoms with Gasteiger partial charge in [0.1, 0.15) is 11.4 Å².